The normalized spacial score (nSPS) is 11.3. The molecule has 1 aromatic rings. The van der Waals surface area contributed by atoms with E-state index < -0.39 is 0 Å². The van der Waals surface area contributed by atoms with E-state index in [1.54, 1.807) is 0 Å². The van der Waals surface area contributed by atoms with Crippen molar-refractivity contribution < 1.29 is 0 Å². The van der Waals surface area contributed by atoms with E-state index in [2.05, 4.69) is 42.4 Å². The van der Waals surface area contributed by atoms with Crippen molar-refractivity contribution in [2.45, 2.75) is 34.1 Å². The second-order valence-corrected chi connectivity index (χ2v) is 5.14. The number of nitrogens with zero attached hydrogens (tertiary/aromatic N) is 2. The molecule has 4 heteroatoms. The van der Waals surface area contributed by atoms with Gasteiger partial charge in [-0.3, -0.25) is 0 Å². The summed E-state index contributed by atoms with van der Waals surface area (Å²) in [4.78, 5) is 4.42. The van der Waals surface area contributed by atoms with E-state index in [1.807, 2.05) is 0 Å². The van der Waals surface area contributed by atoms with Crippen LogP contribution in [0.25, 0.3) is 0 Å². The van der Waals surface area contributed by atoms with Crippen molar-refractivity contribution in [2.75, 3.05) is 11.9 Å². The van der Waals surface area contributed by atoms with E-state index in [0.29, 0.717) is 11.8 Å². The largest absolute Gasteiger partial charge is 0.360 e. The van der Waals surface area contributed by atoms with E-state index in [-0.39, 0.29) is 0 Å². The highest BCUT2D eigenvalue weighted by Gasteiger charge is 2.05. The summed E-state index contributed by atoms with van der Waals surface area (Å²) >= 11 is 1.46. The van der Waals surface area contributed by atoms with Gasteiger partial charge >= 0.3 is 0 Å². The summed E-state index contributed by atoms with van der Waals surface area (Å²) in [6.07, 6.45) is 0.972. The van der Waals surface area contributed by atoms with Gasteiger partial charge in [0.25, 0.3) is 0 Å². The molecule has 0 unspecified atom stereocenters. The molecule has 0 radical (unpaired) electrons. The summed E-state index contributed by atoms with van der Waals surface area (Å²) in [5, 5.41) is 4.24. The van der Waals surface area contributed by atoms with Crippen molar-refractivity contribution in [3.05, 3.63) is 5.82 Å². The molecule has 0 atom stereocenters. The minimum absolute atomic E-state index is 0.627. The molecule has 0 aliphatic heterocycles. The molecule has 14 heavy (non-hydrogen) atoms. The van der Waals surface area contributed by atoms with Gasteiger partial charge in [-0.25, -0.2) is 4.98 Å². The van der Waals surface area contributed by atoms with Gasteiger partial charge in [0.2, 0.25) is 5.13 Å². The number of hydrogen-bond donors (Lipinski definition) is 1. The standard InChI is InChI=1S/C10H19N3S/c1-7(2)5-9-12-10(14-13-9)11-6-8(3)4/h7-8H,5-6H2,1-4H3,(H,11,12,13). The van der Waals surface area contributed by atoms with Crippen LogP contribution in [0.2, 0.25) is 0 Å². The molecule has 0 spiro atoms. The summed E-state index contributed by atoms with van der Waals surface area (Å²) in [6, 6.07) is 0. The Balaban J connectivity index is 2.42. The summed E-state index contributed by atoms with van der Waals surface area (Å²) in [7, 11) is 0. The third kappa shape index (κ3) is 4.05. The number of nitrogens with one attached hydrogen (secondary N) is 1. The first-order valence-electron chi connectivity index (χ1n) is 5.14. The fourth-order valence-corrected chi connectivity index (χ4v) is 1.67. The Bertz CT molecular complexity index is 268. The van der Waals surface area contributed by atoms with E-state index in [1.165, 1.54) is 11.5 Å². The Kier molecular flexibility index (Phi) is 4.32. The van der Waals surface area contributed by atoms with Crippen LogP contribution in [-0.2, 0) is 6.42 Å². The van der Waals surface area contributed by atoms with Crippen LogP contribution >= 0.6 is 11.5 Å². The SMILES string of the molecule is CC(C)CNc1nc(CC(C)C)ns1. The summed E-state index contributed by atoms with van der Waals surface area (Å²) in [5.74, 6) is 2.24. The maximum atomic E-state index is 4.42. The lowest BCUT2D eigenvalue weighted by molar-refractivity contribution is 0.627. The van der Waals surface area contributed by atoms with Crippen LogP contribution in [0.4, 0.5) is 5.13 Å². The Morgan fingerprint density at radius 1 is 1.21 bits per heavy atom. The second-order valence-electron chi connectivity index (χ2n) is 4.39. The van der Waals surface area contributed by atoms with Gasteiger partial charge in [0.15, 0.2) is 0 Å². The quantitative estimate of drug-likeness (QED) is 0.817. The Labute approximate surface area is 90.1 Å². The molecule has 0 amide bonds. The minimum atomic E-state index is 0.627. The van der Waals surface area contributed by atoms with Gasteiger partial charge in [-0.2, -0.15) is 4.37 Å². The highest BCUT2D eigenvalue weighted by atomic mass is 32.1. The fourth-order valence-electron chi connectivity index (χ4n) is 1.07. The molecule has 1 N–H and O–H groups in total. The first kappa shape index (κ1) is 11.4. The van der Waals surface area contributed by atoms with Crippen LogP contribution < -0.4 is 5.32 Å². The van der Waals surface area contributed by atoms with E-state index >= 15 is 0 Å². The molecule has 1 heterocycles. The number of anilines is 1. The number of rotatable bonds is 5. The van der Waals surface area contributed by atoms with Crippen molar-refractivity contribution >= 4 is 16.7 Å². The molecule has 1 rings (SSSR count). The predicted octanol–water partition coefficient (Wildman–Crippen LogP) is 2.80. The average Bonchev–Trinajstić information content (AvgIpc) is 2.47. The summed E-state index contributed by atoms with van der Waals surface area (Å²) in [5.41, 5.74) is 0. The minimum Gasteiger partial charge on any atom is -0.360 e. The second kappa shape index (κ2) is 5.29. The Morgan fingerprint density at radius 2 is 1.93 bits per heavy atom. The molecule has 0 aromatic carbocycles. The molecule has 0 aliphatic carbocycles. The van der Waals surface area contributed by atoms with E-state index in [4.69, 9.17) is 0 Å². The van der Waals surface area contributed by atoms with Crippen LogP contribution in [0.3, 0.4) is 0 Å². The van der Waals surface area contributed by atoms with Crippen molar-refractivity contribution in [1.29, 1.82) is 0 Å². The smallest absolute Gasteiger partial charge is 0.202 e. The molecule has 80 valence electrons. The number of hydrogen-bond acceptors (Lipinski definition) is 4. The lowest BCUT2D eigenvalue weighted by atomic mass is 10.1. The predicted molar refractivity (Wildman–Crippen MR) is 61.8 cm³/mol. The molecular weight excluding hydrogens is 194 g/mol. The van der Waals surface area contributed by atoms with Crippen molar-refractivity contribution in [2.24, 2.45) is 11.8 Å². The van der Waals surface area contributed by atoms with Gasteiger partial charge in [0.1, 0.15) is 5.82 Å². The van der Waals surface area contributed by atoms with Gasteiger partial charge in [-0.1, -0.05) is 27.7 Å². The molecule has 0 saturated heterocycles. The van der Waals surface area contributed by atoms with Crippen LogP contribution in [-0.4, -0.2) is 15.9 Å². The monoisotopic (exact) mass is 213 g/mol. The highest BCUT2D eigenvalue weighted by Crippen LogP contribution is 2.13. The van der Waals surface area contributed by atoms with Crippen LogP contribution in [0.1, 0.15) is 33.5 Å². The van der Waals surface area contributed by atoms with Gasteiger partial charge in [-0.15, -0.1) is 0 Å². The summed E-state index contributed by atoms with van der Waals surface area (Å²) < 4.78 is 4.30. The highest BCUT2D eigenvalue weighted by molar-refractivity contribution is 7.09. The fraction of sp³-hybridized carbons (Fsp3) is 0.800. The molecule has 0 fully saturated rings. The summed E-state index contributed by atoms with van der Waals surface area (Å²) in [6.45, 7) is 9.70. The average molecular weight is 213 g/mol. The first-order chi connectivity index (χ1) is 6.58. The maximum Gasteiger partial charge on any atom is 0.202 e. The third-order valence-electron chi connectivity index (χ3n) is 1.72. The van der Waals surface area contributed by atoms with Crippen molar-refractivity contribution in [3.8, 4) is 0 Å². The van der Waals surface area contributed by atoms with Crippen molar-refractivity contribution in [1.82, 2.24) is 9.36 Å². The lowest BCUT2D eigenvalue weighted by Gasteiger charge is -2.03. The van der Waals surface area contributed by atoms with Gasteiger partial charge < -0.3 is 5.32 Å². The molecule has 1 aromatic heterocycles. The Hall–Kier alpha value is -0.640. The van der Waals surface area contributed by atoms with E-state index in [0.717, 1.165) is 23.9 Å². The first-order valence-corrected chi connectivity index (χ1v) is 5.91. The molecular formula is C10H19N3S. The van der Waals surface area contributed by atoms with Gasteiger partial charge in [0, 0.05) is 24.5 Å². The van der Waals surface area contributed by atoms with Crippen LogP contribution in [0, 0.1) is 11.8 Å². The van der Waals surface area contributed by atoms with Gasteiger partial charge in [0.05, 0.1) is 0 Å². The maximum absolute atomic E-state index is 4.42. The molecule has 0 aliphatic rings. The lowest BCUT2D eigenvalue weighted by Crippen LogP contribution is -2.07. The zero-order valence-electron chi connectivity index (χ0n) is 9.37. The van der Waals surface area contributed by atoms with Crippen molar-refractivity contribution in [3.63, 3.8) is 0 Å². The van der Waals surface area contributed by atoms with Gasteiger partial charge in [-0.05, 0) is 11.8 Å². The zero-order valence-corrected chi connectivity index (χ0v) is 10.2. The Morgan fingerprint density at radius 3 is 2.50 bits per heavy atom. The topological polar surface area (TPSA) is 37.8 Å². The zero-order chi connectivity index (χ0) is 10.6. The molecule has 0 saturated carbocycles. The van der Waals surface area contributed by atoms with Crippen LogP contribution in [0.5, 0.6) is 0 Å². The third-order valence-corrected chi connectivity index (χ3v) is 2.43. The van der Waals surface area contributed by atoms with E-state index in [9.17, 15) is 0 Å². The van der Waals surface area contributed by atoms with Crippen LogP contribution in [0.15, 0.2) is 0 Å². The molecule has 3 nitrogen and oxygen atoms in total. The number of aromatic nitrogens is 2. The molecule has 0 bridgehead atoms.